The fourth-order valence-corrected chi connectivity index (χ4v) is 2.22. The van der Waals surface area contributed by atoms with Crippen LogP contribution in [0.5, 0.6) is 0 Å². The molecule has 0 bridgehead atoms. The fraction of sp³-hybridized carbons (Fsp3) is 0.188. The van der Waals surface area contributed by atoms with Crippen LogP contribution in [0.4, 0.5) is 11.4 Å². The first-order valence-corrected chi connectivity index (χ1v) is 6.66. The van der Waals surface area contributed by atoms with Gasteiger partial charge in [-0.15, -0.1) is 0 Å². The summed E-state index contributed by atoms with van der Waals surface area (Å²) in [6.07, 6.45) is 0. The Bertz CT molecular complexity index is 668. The van der Waals surface area contributed by atoms with Gasteiger partial charge in [0.05, 0.1) is 4.92 Å². The number of benzene rings is 2. The predicted octanol–water partition coefficient (Wildman–Crippen LogP) is 3.57. The molecule has 0 aliphatic heterocycles. The van der Waals surface area contributed by atoms with Crippen molar-refractivity contribution >= 4 is 17.3 Å². The predicted molar refractivity (Wildman–Crippen MR) is 81.6 cm³/mol. The molecule has 0 atom stereocenters. The number of amides is 1. The van der Waals surface area contributed by atoms with Gasteiger partial charge in [-0.25, -0.2) is 0 Å². The molecule has 0 aliphatic carbocycles. The van der Waals surface area contributed by atoms with E-state index in [1.807, 2.05) is 25.1 Å². The van der Waals surface area contributed by atoms with E-state index >= 15 is 0 Å². The highest BCUT2D eigenvalue weighted by atomic mass is 16.6. The van der Waals surface area contributed by atoms with Crippen LogP contribution >= 0.6 is 0 Å². The Morgan fingerprint density at radius 3 is 2.38 bits per heavy atom. The summed E-state index contributed by atoms with van der Waals surface area (Å²) in [5.41, 5.74) is 2.02. The van der Waals surface area contributed by atoms with E-state index in [2.05, 4.69) is 0 Å². The van der Waals surface area contributed by atoms with Crippen LogP contribution in [0.25, 0.3) is 0 Å². The quantitative estimate of drug-likeness (QED) is 0.637. The largest absolute Gasteiger partial charge is 0.308 e. The van der Waals surface area contributed by atoms with Crippen molar-refractivity contribution in [2.45, 2.75) is 13.8 Å². The van der Waals surface area contributed by atoms with Gasteiger partial charge in [-0.1, -0.05) is 18.2 Å². The Morgan fingerprint density at radius 1 is 1.19 bits per heavy atom. The Morgan fingerprint density at radius 2 is 1.86 bits per heavy atom. The summed E-state index contributed by atoms with van der Waals surface area (Å²) in [4.78, 5) is 24.5. The van der Waals surface area contributed by atoms with Gasteiger partial charge in [0, 0.05) is 29.9 Å². The second-order valence-corrected chi connectivity index (χ2v) is 4.64. The molecule has 5 heteroatoms. The first-order valence-electron chi connectivity index (χ1n) is 6.66. The minimum absolute atomic E-state index is 0.0273. The molecule has 0 aliphatic rings. The zero-order valence-corrected chi connectivity index (χ0v) is 11.9. The van der Waals surface area contributed by atoms with Crippen molar-refractivity contribution in [2.75, 3.05) is 11.4 Å². The third-order valence-corrected chi connectivity index (χ3v) is 3.26. The molecule has 1 amide bonds. The molecule has 108 valence electrons. The maximum Gasteiger partial charge on any atom is 0.269 e. The number of nitro benzene ring substituents is 1. The second kappa shape index (κ2) is 6.17. The molecule has 0 saturated carbocycles. The van der Waals surface area contributed by atoms with Crippen LogP contribution in [0.1, 0.15) is 22.8 Å². The van der Waals surface area contributed by atoms with E-state index < -0.39 is 4.92 Å². The van der Waals surface area contributed by atoms with Gasteiger partial charge >= 0.3 is 0 Å². The van der Waals surface area contributed by atoms with E-state index in [1.54, 1.807) is 30.0 Å². The van der Waals surface area contributed by atoms with E-state index in [1.165, 1.54) is 12.1 Å². The Kier molecular flexibility index (Phi) is 4.33. The molecule has 2 aromatic rings. The van der Waals surface area contributed by atoms with E-state index in [0.29, 0.717) is 23.4 Å². The van der Waals surface area contributed by atoms with Gasteiger partial charge in [0.1, 0.15) is 0 Å². The molecule has 0 unspecified atom stereocenters. The van der Waals surface area contributed by atoms with Crippen molar-refractivity contribution in [3.8, 4) is 0 Å². The number of anilines is 1. The number of carbonyl (C=O) groups excluding carboxylic acids is 1. The summed E-state index contributed by atoms with van der Waals surface area (Å²) in [6.45, 7) is 4.14. The average molecular weight is 284 g/mol. The molecule has 2 rings (SSSR count). The smallest absolute Gasteiger partial charge is 0.269 e. The fourth-order valence-electron chi connectivity index (χ4n) is 2.22. The summed E-state index contributed by atoms with van der Waals surface area (Å²) >= 11 is 0. The van der Waals surface area contributed by atoms with E-state index in [4.69, 9.17) is 0 Å². The third kappa shape index (κ3) is 3.08. The van der Waals surface area contributed by atoms with Gasteiger partial charge in [-0.05, 0) is 37.6 Å². The number of hydrogen-bond acceptors (Lipinski definition) is 3. The van der Waals surface area contributed by atoms with Gasteiger partial charge in [0.25, 0.3) is 11.6 Å². The van der Waals surface area contributed by atoms with Crippen molar-refractivity contribution in [3.05, 3.63) is 69.8 Å². The number of rotatable bonds is 4. The van der Waals surface area contributed by atoms with Gasteiger partial charge in [0.2, 0.25) is 0 Å². The molecule has 0 heterocycles. The van der Waals surface area contributed by atoms with E-state index in [0.717, 1.165) is 0 Å². The van der Waals surface area contributed by atoms with Crippen molar-refractivity contribution in [1.82, 2.24) is 0 Å². The van der Waals surface area contributed by atoms with Crippen LogP contribution in [0.15, 0.2) is 48.5 Å². The van der Waals surface area contributed by atoms with Crippen LogP contribution in [0.2, 0.25) is 0 Å². The third-order valence-electron chi connectivity index (χ3n) is 3.26. The minimum Gasteiger partial charge on any atom is -0.308 e. The van der Waals surface area contributed by atoms with Crippen LogP contribution in [-0.4, -0.2) is 17.4 Å². The lowest BCUT2D eigenvalue weighted by Crippen LogP contribution is -2.31. The lowest BCUT2D eigenvalue weighted by Gasteiger charge is -2.23. The first-order chi connectivity index (χ1) is 10.0. The number of nitrogens with zero attached hydrogens (tertiary/aromatic N) is 2. The summed E-state index contributed by atoms with van der Waals surface area (Å²) in [5.74, 6) is -0.116. The van der Waals surface area contributed by atoms with Gasteiger partial charge < -0.3 is 4.90 Å². The highest BCUT2D eigenvalue weighted by Gasteiger charge is 2.19. The highest BCUT2D eigenvalue weighted by Crippen LogP contribution is 2.26. The molecule has 21 heavy (non-hydrogen) atoms. The molecule has 2 aromatic carbocycles. The van der Waals surface area contributed by atoms with Gasteiger partial charge in [0.15, 0.2) is 0 Å². The molecule has 0 N–H and O–H groups in total. The maximum atomic E-state index is 12.5. The molecule has 0 fully saturated rings. The summed E-state index contributed by atoms with van der Waals surface area (Å²) < 4.78 is 0. The lowest BCUT2D eigenvalue weighted by atomic mass is 10.1. The summed E-state index contributed by atoms with van der Waals surface area (Å²) in [5, 5.41) is 10.8. The highest BCUT2D eigenvalue weighted by molar-refractivity contribution is 6.06. The number of hydrogen-bond donors (Lipinski definition) is 0. The second-order valence-electron chi connectivity index (χ2n) is 4.64. The van der Waals surface area contributed by atoms with E-state index in [-0.39, 0.29) is 11.6 Å². The first kappa shape index (κ1) is 14.7. The monoisotopic (exact) mass is 284 g/mol. The Hall–Kier alpha value is -2.69. The minimum atomic E-state index is -0.438. The van der Waals surface area contributed by atoms with Gasteiger partial charge in [-0.3, -0.25) is 14.9 Å². The molecule has 0 radical (unpaired) electrons. The number of aryl methyl sites for hydroxylation is 1. The number of nitro groups is 1. The average Bonchev–Trinajstić information content (AvgIpc) is 2.50. The van der Waals surface area contributed by atoms with Crippen molar-refractivity contribution < 1.29 is 9.72 Å². The number of carbonyl (C=O) groups is 1. The molecular weight excluding hydrogens is 268 g/mol. The topological polar surface area (TPSA) is 63.5 Å². The Labute approximate surface area is 123 Å². The molecule has 0 saturated heterocycles. The van der Waals surface area contributed by atoms with Crippen LogP contribution in [-0.2, 0) is 0 Å². The zero-order valence-electron chi connectivity index (χ0n) is 11.9. The molecular formula is C16H16N2O3. The molecule has 5 nitrogen and oxygen atoms in total. The summed E-state index contributed by atoms with van der Waals surface area (Å²) in [6, 6.07) is 13.5. The number of non-ortho nitro benzene ring substituents is 1. The van der Waals surface area contributed by atoms with Crippen molar-refractivity contribution in [1.29, 1.82) is 0 Å². The van der Waals surface area contributed by atoms with Crippen LogP contribution in [0.3, 0.4) is 0 Å². The lowest BCUT2D eigenvalue weighted by molar-refractivity contribution is -0.384. The van der Waals surface area contributed by atoms with E-state index in [9.17, 15) is 14.9 Å². The van der Waals surface area contributed by atoms with Crippen LogP contribution in [0, 0.1) is 17.0 Å². The molecule has 0 spiro atoms. The molecule has 0 aromatic heterocycles. The zero-order chi connectivity index (χ0) is 15.4. The van der Waals surface area contributed by atoms with Gasteiger partial charge in [-0.2, -0.15) is 0 Å². The maximum absolute atomic E-state index is 12.5. The summed E-state index contributed by atoms with van der Waals surface area (Å²) in [7, 11) is 0. The Balaban J connectivity index is 2.38. The standard InChI is InChI=1S/C16H16N2O3/c1-3-17(16(19)13-7-5-4-6-8-13)15-10-9-14(18(20)21)11-12(15)2/h4-11H,3H2,1-2H3. The van der Waals surface area contributed by atoms with Crippen molar-refractivity contribution in [2.24, 2.45) is 0 Å². The van der Waals surface area contributed by atoms with Crippen LogP contribution < -0.4 is 4.90 Å². The SMILES string of the molecule is CCN(C(=O)c1ccccc1)c1ccc([N+](=O)[O-])cc1C. The normalized spacial score (nSPS) is 10.2. The van der Waals surface area contributed by atoms with Crippen molar-refractivity contribution in [3.63, 3.8) is 0 Å².